The Morgan fingerprint density at radius 2 is 1.76 bits per heavy atom. The zero-order chi connectivity index (χ0) is 12.3. The summed E-state index contributed by atoms with van der Waals surface area (Å²) in [7, 11) is 1.89. The largest absolute Gasteiger partial charge is 0.319 e. The first kappa shape index (κ1) is 11.1. The van der Waals surface area contributed by atoms with Gasteiger partial charge in [0.1, 0.15) is 0 Å². The van der Waals surface area contributed by atoms with Crippen molar-refractivity contribution in [2.75, 3.05) is 13.6 Å². The van der Waals surface area contributed by atoms with Crippen LogP contribution in [0.2, 0.25) is 0 Å². The van der Waals surface area contributed by atoms with Gasteiger partial charge in [0, 0.05) is 12.0 Å². The van der Waals surface area contributed by atoms with Crippen LogP contribution in [0.4, 0.5) is 13.2 Å². The molecule has 0 atom stereocenters. The molecule has 3 saturated carbocycles. The van der Waals surface area contributed by atoms with E-state index in [9.17, 15) is 13.2 Å². The maximum absolute atomic E-state index is 13.7. The molecule has 0 saturated heterocycles. The smallest absolute Gasteiger partial charge is 0.194 e. The summed E-state index contributed by atoms with van der Waals surface area (Å²) in [5.74, 6) is -3.44. The van der Waals surface area contributed by atoms with Gasteiger partial charge in [0.05, 0.1) is 0 Å². The van der Waals surface area contributed by atoms with Gasteiger partial charge in [-0.05, 0) is 43.4 Å². The lowest BCUT2D eigenvalue weighted by atomic mass is 9.33. The van der Waals surface area contributed by atoms with E-state index < -0.39 is 17.5 Å². The number of hydrogen-bond acceptors (Lipinski definition) is 1. The minimum absolute atomic E-state index is 0.227. The molecule has 92 valence electrons. The van der Waals surface area contributed by atoms with E-state index in [0.717, 1.165) is 31.9 Å². The average Bonchev–Trinajstić information content (AvgIpc) is 2.19. The molecule has 2 bridgehead atoms. The highest BCUT2D eigenvalue weighted by Crippen LogP contribution is 2.73. The van der Waals surface area contributed by atoms with Crippen molar-refractivity contribution >= 4 is 0 Å². The van der Waals surface area contributed by atoms with Gasteiger partial charge in [-0.1, -0.05) is 6.07 Å². The van der Waals surface area contributed by atoms with Crippen molar-refractivity contribution in [2.24, 2.45) is 5.41 Å². The number of hydrogen-bond donors (Lipinski definition) is 1. The fourth-order valence-electron chi connectivity index (χ4n) is 3.78. The molecule has 0 amide bonds. The van der Waals surface area contributed by atoms with Crippen LogP contribution in [0.5, 0.6) is 0 Å². The molecule has 17 heavy (non-hydrogen) atoms. The predicted octanol–water partition coefficient (Wildman–Crippen LogP) is 2.75. The van der Waals surface area contributed by atoms with E-state index in [1.165, 1.54) is 6.07 Å². The lowest BCUT2D eigenvalue weighted by Crippen LogP contribution is -2.67. The molecular weight excluding hydrogens is 227 g/mol. The molecule has 1 aromatic rings. The molecule has 3 fully saturated rings. The summed E-state index contributed by atoms with van der Waals surface area (Å²) in [6.07, 6.45) is 2.63. The van der Waals surface area contributed by atoms with Gasteiger partial charge in [0.15, 0.2) is 17.5 Å². The van der Waals surface area contributed by atoms with E-state index in [4.69, 9.17) is 0 Å². The Kier molecular flexibility index (Phi) is 2.12. The van der Waals surface area contributed by atoms with E-state index in [1.807, 2.05) is 7.05 Å². The van der Waals surface area contributed by atoms with E-state index in [-0.39, 0.29) is 10.8 Å². The minimum Gasteiger partial charge on any atom is -0.319 e. The van der Waals surface area contributed by atoms with Gasteiger partial charge in [-0.15, -0.1) is 0 Å². The maximum Gasteiger partial charge on any atom is 0.194 e. The third-order valence-corrected chi connectivity index (χ3v) is 4.30. The van der Waals surface area contributed by atoms with Crippen LogP contribution in [0, 0.1) is 22.9 Å². The Morgan fingerprint density at radius 1 is 1.12 bits per heavy atom. The second-order valence-corrected chi connectivity index (χ2v) is 5.56. The van der Waals surface area contributed by atoms with Crippen molar-refractivity contribution < 1.29 is 13.2 Å². The Hall–Kier alpha value is -1.03. The topological polar surface area (TPSA) is 12.0 Å². The molecule has 4 rings (SSSR count). The number of rotatable bonds is 3. The highest BCUT2D eigenvalue weighted by Gasteiger charge is 2.68. The van der Waals surface area contributed by atoms with Crippen LogP contribution in [0.15, 0.2) is 12.1 Å². The van der Waals surface area contributed by atoms with Gasteiger partial charge >= 0.3 is 0 Å². The highest BCUT2D eigenvalue weighted by atomic mass is 19.2. The summed E-state index contributed by atoms with van der Waals surface area (Å²) in [4.78, 5) is 0. The monoisotopic (exact) mass is 241 g/mol. The summed E-state index contributed by atoms with van der Waals surface area (Å²) < 4.78 is 39.7. The summed E-state index contributed by atoms with van der Waals surface area (Å²) >= 11 is 0. The first-order valence-corrected chi connectivity index (χ1v) is 5.81. The fraction of sp³-hybridized carbons (Fsp3) is 0.538. The fourth-order valence-corrected chi connectivity index (χ4v) is 3.78. The summed E-state index contributed by atoms with van der Waals surface area (Å²) in [5, 5.41) is 3.12. The van der Waals surface area contributed by atoms with Crippen molar-refractivity contribution in [3.63, 3.8) is 0 Å². The summed E-state index contributed by atoms with van der Waals surface area (Å²) in [6, 6.07) is 2.43. The molecule has 0 spiro atoms. The van der Waals surface area contributed by atoms with Gasteiger partial charge < -0.3 is 5.32 Å². The summed E-state index contributed by atoms with van der Waals surface area (Å²) in [5.41, 5.74) is 0.399. The normalized spacial score (nSPS) is 34.1. The predicted molar refractivity (Wildman–Crippen MR) is 58.2 cm³/mol. The molecule has 0 aromatic heterocycles. The van der Waals surface area contributed by atoms with Crippen LogP contribution < -0.4 is 5.32 Å². The number of halogens is 3. The maximum atomic E-state index is 13.7. The lowest BCUT2D eigenvalue weighted by Gasteiger charge is -2.71. The van der Waals surface area contributed by atoms with E-state index in [1.54, 1.807) is 0 Å². The molecule has 0 unspecified atom stereocenters. The van der Waals surface area contributed by atoms with Crippen molar-refractivity contribution in [3.05, 3.63) is 35.1 Å². The molecule has 0 aliphatic heterocycles. The molecule has 1 nitrogen and oxygen atoms in total. The zero-order valence-corrected chi connectivity index (χ0v) is 9.62. The number of nitrogens with one attached hydrogen (secondary N) is 1. The van der Waals surface area contributed by atoms with Gasteiger partial charge in [0.2, 0.25) is 0 Å². The summed E-state index contributed by atoms with van der Waals surface area (Å²) in [6.45, 7) is 0.917. The molecule has 3 aliphatic carbocycles. The zero-order valence-electron chi connectivity index (χ0n) is 9.62. The Bertz CT molecular complexity index is 464. The van der Waals surface area contributed by atoms with E-state index >= 15 is 0 Å². The van der Waals surface area contributed by atoms with Crippen LogP contribution in [-0.4, -0.2) is 13.6 Å². The lowest BCUT2D eigenvalue weighted by molar-refractivity contribution is -0.138. The molecule has 1 N–H and O–H groups in total. The van der Waals surface area contributed by atoms with Crippen molar-refractivity contribution in [2.45, 2.75) is 24.7 Å². The third kappa shape index (κ3) is 1.30. The van der Waals surface area contributed by atoms with Crippen LogP contribution in [0.1, 0.15) is 24.8 Å². The van der Waals surface area contributed by atoms with E-state index in [0.29, 0.717) is 5.56 Å². The quantitative estimate of drug-likeness (QED) is 0.802. The molecule has 0 radical (unpaired) electrons. The second-order valence-electron chi connectivity index (χ2n) is 5.56. The SMILES string of the molecule is CNCC12CC(c3ccc(F)c(F)c3F)(C1)C2. The third-order valence-electron chi connectivity index (χ3n) is 4.30. The number of benzene rings is 1. The molecular formula is C13H14F3N. The van der Waals surface area contributed by atoms with Crippen LogP contribution in [0.25, 0.3) is 0 Å². The van der Waals surface area contributed by atoms with Gasteiger partial charge in [-0.25, -0.2) is 13.2 Å². The second kappa shape index (κ2) is 3.25. The first-order valence-electron chi connectivity index (χ1n) is 5.81. The van der Waals surface area contributed by atoms with E-state index in [2.05, 4.69) is 5.32 Å². The van der Waals surface area contributed by atoms with Crippen LogP contribution in [-0.2, 0) is 5.41 Å². The molecule has 3 aliphatic rings. The van der Waals surface area contributed by atoms with Crippen molar-refractivity contribution in [1.29, 1.82) is 0 Å². The van der Waals surface area contributed by atoms with Crippen LogP contribution in [0.3, 0.4) is 0 Å². The minimum atomic E-state index is -1.34. The van der Waals surface area contributed by atoms with Gasteiger partial charge in [-0.3, -0.25) is 0 Å². The Morgan fingerprint density at radius 3 is 2.35 bits per heavy atom. The van der Waals surface area contributed by atoms with Gasteiger partial charge in [0.25, 0.3) is 0 Å². The van der Waals surface area contributed by atoms with Crippen molar-refractivity contribution in [3.8, 4) is 0 Å². The molecule has 0 heterocycles. The Balaban J connectivity index is 1.87. The molecule has 1 aromatic carbocycles. The standard InChI is InChI=1S/C13H14F3N/c1-17-7-12-4-13(5-12,6-12)8-2-3-9(14)11(16)10(8)15/h2-3,17H,4-7H2,1H3. The molecule has 4 heteroatoms. The van der Waals surface area contributed by atoms with Crippen LogP contribution >= 0.6 is 0 Å². The first-order chi connectivity index (χ1) is 8.02. The Labute approximate surface area is 98.0 Å². The van der Waals surface area contributed by atoms with Gasteiger partial charge in [-0.2, -0.15) is 0 Å². The average molecular weight is 241 g/mol. The van der Waals surface area contributed by atoms with Crippen molar-refractivity contribution in [1.82, 2.24) is 5.32 Å². The highest BCUT2D eigenvalue weighted by molar-refractivity contribution is 5.40.